The number of nitrogens with zero attached hydrogens (tertiary/aromatic N) is 3. The highest BCUT2D eigenvalue weighted by atomic mass is 35.5. The molecular weight excluding hydrogens is 222 g/mol. The summed E-state index contributed by atoms with van der Waals surface area (Å²) >= 11 is 5.86. The van der Waals surface area contributed by atoms with Crippen LogP contribution in [0.1, 0.15) is 33.3 Å². The normalized spacial score (nSPS) is 12.3. The molecule has 2 rings (SSSR count). The predicted octanol–water partition coefficient (Wildman–Crippen LogP) is 3.40. The lowest BCUT2D eigenvalue weighted by Crippen LogP contribution is -2.21. The number of rotatable bonds is 1. The van der Waals surface area contributed by atoms with Gasteiger partial charge in [-0.05, 0) is 44.4 Å². The van der Waals surface area contributed by atoms with Crippen LogP contribution in [0.5, 0.6) is 0 Å². The van der Waals surface area contributed by atoms with Crippen molar-refractivity contribution in [3.63, 3.8) is 0 Å². The molecule has 2 aromatic heterocycles. The average molecular weight is 238 g/mol. The topological polar surface area (TPSA) is 30.7 Å². The lowest BCUT2D eigenvalue weighted by Gasteiger charge is -2.21. The lowest BCUT2D eigenvalue weighted by atomic mass is 10.1. The number of aromatic nitrogens is 3. The van der Waals surface area contributed by atoms with Crippen molar-refractivity contribution in [2.45, 2.75) is 39.7 Å². The molecule has 0 N–H and O–H groups in total. The molecule has 3 nitrogen and oxygen atoms in total. The van der Waals surface area contributed by atoms with E-state index >= 15 is 0 Å². The van der Waals surface area contributed by atoms with Gasteiger partial charge >= 0.3 is 0 Å². The third-order valence-corrected chi connectivity index (χ3v) is 2.88. The molecule has 0 saturated carbocycles. The van der Waals surface area contributed by atoms with Gasteiger partial charge in [-0.1, -0.05) is 6.92 Å². The number of halogens is 1. The molecule has 0 saturated heterocycles. The van der Waals surface area contributed by atoms with Gasteiger partial charge in [0.2, 0.25) is 5.28 Å². The summed E-state index contributed by atoms with van der Waals surface area (Å²) in [6.07, 6.45) is 4.94. The first-order valence-corrected chi connectivity index (χ1v) is 5.84. The SMILES string of the molecule is CCc1cn(C(C)(C)C)c2nc(Cl)ncc12. The molecule has 4 heteroatoms. The van der Waals surface area contributed by atoms with Gasteiger partial charge in [0.15, 0.2) is 0 Å². The molecule has 0 fully saturated rings. The van der Waals surface area contributed by atoms with Crippen LogP contribution in [0.2, 0.25) is 5.28 Å². The first-order valence-electron chi connectivity index (χ1n) is 5.46. The Morgan fingerprint density at radius 1 is 1.38 bits per heavy atom. The molecule has 0 unspecified atom stereocenters. The van der Waals surface area contributed by atoms with Gasteiger partial charge in [-0.15, -0.1) is 0 Å². The predicted molar refractivity (Wildman–Crippen MR) is 66.9 cm³/mol. The molecule has 0 atom stereocenters. The van der Waals surface area contributed by atoms with Gasteiger partial charge in [0, 0.05) is 23.3 Å². The van der Waals surface area contributed by atoms with Crippen LogP contribution < -0.4 is 0 Å². The highest BCUT2D eigenvalue weighted by Gasteiger charge is 2.19. The number of hydrogen-bond donors (Lipinski definition) is 0. The Labute approximate surface area is 100 Å². The minimum absolute atomic E-state index is 0.00333. The van der Waals surface area contributed by atoms with E-state index in [0.29, 0.717) is 5.28 Å². The van der Waals surface area contributed by atoms with E-state index in [-0.39, 0.29) is 5.54 Å². The maximum Gasteiger partial charge on any atom is 0.224 e. The van der Waals surface area contributed by atoms with Crippen molar-refractivity contribution in [3.05, 3.63) is 23.2 Å². The van der Waals surface area contributed by atoms with Crippen LogP contribution in [0.25, 0.3) is 11.0 Å². The third-order valence-electron chi connectivity index (χ3n) is 2.70. The van der Waals surface area contributed by atoms with Crippen LogP contribution in [0.3, 0.4) is 0 Å². The third kappa shape index (κ3) is 1.80. The second-order valence-electron chi connectivity index (χ2n) is 4.93. The Bertz CT molecular complexity index is 523. The zero-order valence-corrected chi connectivity index (χ0v) is 10.8. The van der Waals surface area contributed by atoms with Gasteiger partial charge in [0.1, 0.15) is 5.65 Å². The van der Waals surface area contributed by atoms with E-state index < -0.39 is 0 Å². The Balaban J connectivity index is 2.79. The van der Waals surface area contributed by atoms with Crippen molar-refractivity contribution in [2.24, 2.45) is 0 Å². The number of hydrogen-bond acceptors (Lipinski definition) is 2. The number of aryl methyl sites for hydroxylation is 1. The Morgan fingerprint density at radius 3 is 2.62 bits per heavy atom. The zero-order valence-electron chi connectivity index (χ0n) is 10.1. The molecule has 0 amide bonds. The summed E-state index contributed by atoms with van der Waals surface area (Å²) in [5, 5.41) is 1.40. The van der Waals surface area contributed by atoms with E-state index in [1.165, 1.54) is 5.56 Å². The van der Waals surface area contributed by atoms with Crippen LogP contribution in [-0.2, 0) is 12.0 Å². The molecular formula is C12H16ClN3. The molecule has 0 aromatic carbocycles. The minimum Gasteiger partial charge on any atom is -0.327 e. The van der Waals surface area contributed by atoms with Crippen molar-refractivity contribution in [3.8, 4) is 0 Å². The molecule has 0 aliphatic rings. The summed E-state index contributed by atoms with van der Waals surface area (Å²) in [6.45, 7) is 8.60. The summed E-state index contributed by atoms with van der Waals surface area (Å²) in [5.74, 6) is 0. The summed E-state index contributed by atoms with van der Waals surface area (Å²) in [6, 6.07) is 0. The van der Waals surface area contributed by atoms with Crippen molar-refractivity contribution in [2.75, 3.05) is 0 Å². The zero-order chi connectivity index (χ0) is 11.9. The summed E-state index contributed by atoms with van der Waals surface area (Å²) in [4.78, 5) is 8.38. The van der Waals surface area contributed by atoms with Crippen LogP contribution in [0, 0.1) is 0 Å². The Hall–Kier alpha value is -1.09. The molecule has 0 radical (unpaired) electrons. The smallest absolute Gasteiger partial charge is 0.224 e. The van der Waals surface area contributed by atoms with E-state index in [9.17, 15) is 0 Å². The maximum atomic E-state index is 5.86. The second-order valence-corrected chi connectivity index (χ2v) is 5.26. The van der Waals surface area contributed by atoms with Crippen molar-refractivity contribution in [1.29, 1.82) is 0 Å². The summed E-state index contributed by atoms with van der Waals surface area (Å²) in [7, 11) is 0. The molecule has 86 valence electrons. The largest absolute Gasteiger partial charge is 0.327 e. The van der Waals surface area contributed by atoms with Crippen molar-refractivity contribution in [1.82, 2.24) is 14.5 Å². The van der Waals surface area contributed by atoms with Crippen LogP contribution >= 0.6 is 11.6 Å². The average Bonchev–Trinajstić information content (AvgIpc) is 2.54. The van der Waals surface area contributed by atoms with Gasteiger partial charge in [-0.2, -0.15) is 4.98 Å². The van der Waals surface area contributed by atoms with Crippen molar-refractivity contribution >= 4 is 22.6 Å². The summed E-state index contributed by atoms with van der Waals surface area (Å²) in [5.41, 5.74) is 2.19. The fourth-order valence-electron chi connectivity index (χ4n) is 1.84. The highest BCUT2D eigenvalue weighted by molar-refractivity contribution is 6.28. The monoisotopic (exact) mass is 237 g/mol. The van der Waals surface area contributed by atoms with E-state index in [2.05, 4.69) is 48.4 Å². The van der Waals surface area contributed by atoms with Gasteiger partial charge in [0.05, 0.1) is 0 Å². The molecule has 0 bridgehead atoms. The van der Waals surface area contributed by atoms with E-state index in [0.717, 1.165) is 17.5 Å². The van der Waals surface area contributed by atoms with Crippen LogP contribution in [0.4, 0.5) is 0 Å². The Morgan fingerprint density at radius 2 is 2.06 bits per heavy atom. The summed E-state index contributed by atoms with van der Waals surface area (Å²) < 4.78 is 2.16. The van der Waals surface area contributed by atoms with Gasteiger partial charge in [-0.3, -0.25) is 0 Å². The van der Waals surface area contributed by atoms with Crippen molar-refractivity contribution < 1.29 is 0 Å². The second kappa shape index (κ2) is 3.74. The van der Waals surface area contributed by atoms with Crippen LogP contribution in [0.15, 0.2) is 12.4 Å². The quantitative estimate of drug-likeness (QED) is 0.712. The van der Waals surface area contributed by atoms with Gasteiger partial charge in [-0.25, -0.2) is 4.98 Å². The fraction of sp³-hybridized carbons (Fsp3) is 0.500. The standard InChI is InChI=1S/C12H16ClN3/c1-5-8-7-16(12(2,3)4)10-9(8)6-14-11(13)15-10/h6-7H,5H2,1-4H3. The lowest BCUT2D eigenvalue weighted by molar-refractivity contribution is 0.408. The molecule has 0 spiro atoms. The van der Waals surface area contributed by atoms with E-state index in [1.54, 1.807) is 0 Å². The number of fused-ring (bicyclic) bond motifs is 1. The van der Waals surface area contributed by atoms with Crippen LogP contribution in [-0.4, -0.2) is 14.5 Å². The van der Waals surface area contributed by atoms with E-state index in [1.807, 2.05) is 6.20 Å². The molecule has 0 aliphatic heterocycles. The van der Waals surface area contributed by atoms with Gasteiger partial charge in [0.25, 0.3) is 0 Å². The minimum atomic E-state index is 0.00333. The first kappa shape index (κ1) is 11.4. The van der Waals surface area contributed by atoms with Gasteiger partial charge < -0.3 is 4.57 Å². The Kier molecular flexibility index (Phi) is 2.66. The maximum absolute atomic E-state index is 5.86. The molecule has 2 aromatic rings. The molecule has 16 heavy (non-hydrogen) atoms. The van der Waals surface area contributed by atoms with E-state index in [4.69, 9.17) is 11.6 Å². The highest BCUT2D eigenvalue weighted by Crippen LogP contribution is 2.26. The molecule has 0 aliphatic carbocycles. The first-order chi connectivity index (χ1) is 7.43. The fourth-order valence-corrected chi connectivity index (χ4v) is 1.97. The molecule has 2 heterocycles.